The maximum Gasteiger partial charge on any atom is 0.326 e. The van der Waals surface area contributed by atoms with E-state index in [1.807, 2.05) is 6.92 Å². The molecule has 0 aliphatic carbocycles. The summed E-state index contributed by atoms with van der Waals surface area (Å²) in [5.74, 6) is -8.33. The second-order valence-electron chi connectivity index (χ2n) is 17.5. The van der Waals surface area contributed by atoms with E-state index in [1.165, 1.54) is 6.92 Å². The van der Waals surface area contributed by atoms with E-state index in [9.17, 15) is 48.3 Å². The highest BCUT2D eigenvalue weighted by atomic mass is 16.4. The molecule has 3 aromatic rings. The molecule has 0 saturated carbocycles. The number of nitrogens with one attached hydrogen (secondary N) is 6. The largest absolute Gasteiger partial charge is 0.480 e. The van der Waals surface area contributed by atoms with E-state index in [0.717, 1.165) is 4.90 Å². The molecular formula is C48H64N8O10. The molecular weight excluding hydrogens is 849 g/mol. The highest BCUT2D eigenvalue weighted by Crippen LogP contribution is 2.30. The molecule has 18 heteroatoms. The zero-order chi connectivity index (χ0) is 48.8. The number of nitrogens with two attached hydrogens (primary N) is 1. The minimum Gasteiger partial charge on any atom is -0.480 e. The van der Waals surface area contributed by atoms with Crippen molar-refractivity contribution in [1.29, 1.82) is 0 Å². The minimum absolute atomic E-state index is 0.0157. The Bertz CT molecular complexity index is 2220. The quantitative estimate of drug-likeness (QED) is 0.0477. The number of carbonyl (C=O) groups excluding carboxylic acids is 8. The van der Waals surface area contributed by atoms with Gasteiger partial charge in [-0.1, -0.05) is 103 Å². The number of benzene rings is 3. The van der Waals surface area contributed by atoms with Crippen molar-refractivity contribution in [1.82, 2.24) is 36.8 Å². The summed E-state index contributed by atoms with van der Waals surface area (Å²) in [6.07, 6.45) is 1.44. The van der Waals surface area contributed by atoms with E-state index in [0.29, 0.717) is 42.1 Å². The van der Waals surface area contributed by atoms with Crippen molar-refractivity contribution in [3.8, 4) is 0 Å². The lowest BCUT2D eigenvalue weighted by Crippen LogP contribution is -2.61. The second kappa shape index (κ2) is 24.0. The summed E-state index contributed by atoms with van der Waals surface area (Å²) in [6, 6.07) is 11.7. The maximum absolute atomic E-state index is 14.3. The van der Waals surface area contributed by atoms with E-state index < -0.39 is 114 Å². The van der Waals surface area contributed by atoms with Crippen LogP contribution in [-0.2, 0) is 40.0 Å². The van der Waals surface area contributed by atoms with Crippen molar-refractivity contribution < 1.29 is 48.3 Å². The third-order valence-corrected chi connectivity index (χ3v) is 11.7. The first-order valence-corrected chi connectivity index (χ1v) is 22.4. The smallest absolute Gasteiger partial charge is 0.326 e. The number of carboxylic acids is 1. The molecule has 0 radical (unpaired) electrons. The van der Waals surface area contributed by atoms with Crippen LogP contribution in [0, 0.1) is 17.8 Å². The highest BCUT2D eigenvalue weighted by Gasteiger charge is 2.37. The van der Waals surface area contributed by atoms with Crippen molar-refractivity contribution in [2.24, 2.45) is 23.5 Å². The molecule has 0 saturated heterocycles. The lowest BCUT2D eigenvalue weighted by molar-refractivity contribution is -0.143. The zero-order valence-corrected chi connectivity index (χ0v) is 38.6. The van der Waals surface area contributed by atoms with Gasteiger partial charge in [0.2, 0.25) is 35.4 Å². The first-order chi connectivity index (χ1) is 31.3. The van der Waals surface area contributed by atoms with Gasteiger partial charge in [-0.05, 0) is 73.6 Å². The van der Waals surface area contributed by atoms with E-state index >= 15 is 0 Å². The van der Waals surface area contributed by atoms with Gasteiger partial charge in [0.15, 0.2) is 0 Å². The first kappa shape index (κ1) is 51.9. The Kier molecular flexibility index (Phi) is 18.9. The minimum atomic E-state index is -1.27. The van der Waals surface area contributed by atoms with Crippen LogP contribution < -0.4 is 37.6 Å². The molecule has 0 aromatic heterocycles. The summed E-state index contributed by atoms with van der Waals surface area (Å²) in [5, 5.41) is 26.6. The standard InChI is InChI=1S/C48H64N8O10/c1-8-28(6)40(45(62)52-34(22-12-13-23-49)42(59)53-38(26(2)3)44(61)50-29(7)41(58)54-39(27(4)5)48(65)66)55-43(60)35(24-30-16-10-9-11-17-30)51-36(57)25-56-46(63)32-20-14-18-31-19-15-21-33(37(31)32)47(56)64/h9-11,14-21,26-29,34-35,38-40H,8,12-13,22-25,49H2,1-7H3,(H,50,61)(H,51,57)(H,52,62)(H,53,59)(H,54,58)(H,55,60)(H,65,66)/t28?,29-,34-,35-,38-,39-,40-/m0/s1. The molecule has 1 aliphatic heterocycles. The van der Waals surface area contributed by atoms with Gasteiger partial charge in [-0.3, -0.25) is 43.3 Å². The fourth-order valence-electron chi connectivity index (χ4n) is 7.59. The number of rotatable bonds is 24. The van der Waals surface area contributed by atoms with Gasteiger partial charge in [-0.15, -0.1) is 0 Å². The topological polar surface area (TPSA) is 275 Å². The van der Waals surface area contributed by atoms with Gasteiger partial charge in [0.1, 0.15) is 42.8 Å². The Morgan fingerprint density at radius 1 is 0.606 bits per heavy atom. The average Bonchev–Trinajstić information content (AvgIpc) is 3.28. The molecule has 18 nitrogen and oxygen atoms in total. The molecule has 356 valence electrons. The van der Waals surface area contributed by atoms with E-state index in [-0.39, 0.29) is 24.0 Å². The second-order valence-corrected chi connectivity index (χ2v) is 17.5. The molecule has 7 atom stereocenters. The van der Waals surface area contributed by atoms with Gasteiger partial charge < -0.3 is 42.7 Å². The Morgan fingerprint density at radius 2 is 1.15 bits per heavy atom. The maximum atomic E-state index is 14.3. The molecule has 9 N–H and O–H groups in total. The number of aliphatic carboxylic acids is 1. The Morgan fingerprint density at radius 3 is 1.70 bits per heavy atom. The van der Waals surface area contributed by atoms with Gasteiger partial charge in [0.25, 0.3) is 11.8 Å². The van der Waals surface area contributed by atoms with Gasteiger partial charge in [0.05, 0.1) is 0 Å². The summed E-state index contributed by atoms with van der Waals surface area (Å²) in [6.45, 7) is 11.2. The van der Waals surface area contributed by atoms with Crippen LogP contribution in [0.3, 0.4) is 0 Å². The summed E-state index contributed by atoms with van der Waals surface area (Å²) in [5.41, 5.74) is 6.95. The zero-order valence-electron chi connectivity index (χ0n) is 38.6. The lowest BCUT2D eigenvalue weighted by Gasteiger charge is -2.30. The molecule has 0 bridgehead atoms. The van der Waals surface area contributed by atoms with Gasteiger partial charge in [-0.2, -0.15) is 0 Å². The monoisotopic (exact) mass is 912 g/mol. The van der Waals surface area contributed by atoms with Crippen molar-refractivity contribution in [3.63, 3.8) is 0 Å². The summed E-state index contributed by atoms with van der Waals surface area (Å²) >= 11 is 0. The molecule has 1 heterocycles. The lowest BCUT2D eigenvalue weighted by atomic mass is 9.94. The number of hydrogen-bond acceptors (Lipinski definition) is 10. The normalized spacial score (nSPS) is 15.5. The van der Waals surface area contributed by atoms with Crippen LogP contribution in [0.15, 0.2) is 66.7 Å². The number of imide groups is 1. The van der Waals surface area contributed by atoms with Crippen LogP contribution in [0.4, 0.5) is 0 Å². The summed E-state index contributed by atoms with van der Waals surface area (Å²) in [7, 11) is 0. The Labute approximate surface area is 384 Å². The summed E-state index contributed by atoms with van der Waals surface area (Å²) in [4.78, 5) is 122. The Balaban J connectivity index is 1.52. The Hall–Kier alpha value is -6.69. The van der Waals surface area contributed by atoms with Gasteiger partial charge >= 0.3 is 5.97 Å². The molecule has 3 aromatic carbocycles. The van der Waals surface area contributed by atoms with Gasteiger partial charge in [0, 0.05) is 22.9 Å². The number of nitrogens with zero attached hydrogens (tertiary/aromatic N) is 1. The van der Waals surface area contributed by atoms with Crippen molar-refractivity contribution in [2.75, 3.05) is 13.1 Å². The molecule has 1 aliphatic rings. The van der Waals surface area contributed by atoms with E-state index in [4.69, 9.17) is 5.73 Å². The molecule has 66 heavy (non-hydrogen) atoms. The predicted octanol–water partition coefficient (Wildman–Crippen LogP) is 2.18. The number of carboxylic acid groups (broad SMARTS) is 1. The fraction of sp³-hybridized carbons (Fsp3) is 0.479. The van der Waals surface area contributed by atoms with Crippen molar-refractivity contribution >= 4 is 64.0 Å². The molecule has 1 unspecified atom stereocenters. The first-order valence-electron chi connectivity index (χ1n) is 22.4. The molecule has 0 spiro atoms. The number of unbranched alkanes of at least 4 members (excludes halogenated alkanes) is 1. The van der Waals surface area contributed by atoms with Crippen LogP contribution in [0.5, 0.6) is 0 Å². The third-order valence-electron chi connectivity index (χ3n) is 11.7. The molecule has 8 amide bonds. The van der Waals surface area contributed by atoms with Crippen molar-refractivity contribution in [3.05, 3.63) is 83.4 Å². The number of amides is 8. The SMILES string of the molecule is CCC(C)[C@H](NC(=O)[C@H](Cc1ccccc1)NC(=O)CN1C(=O)c2cccc3cccc(c23)C1=O)C(=O)N[C@@H](CCCCN)C(=O)N[C@H](C(=O)N[C@@H](C)C(=O)N[C@H](C(=O)O)C(C)C)C(C)C. The predicted molar refractivity (Wildman–Crippen MR) is 246 cm³/mol. The van der Waals surface area contributed by atoms with Crippen LogP contribution in [-0.4, -0.2) is 113 Å². The molecule has 0 fully saturated rings. The van der Waals surface area contributed by atoms with E-state index in [2.05, 4.69) is 31.9 Å². The van der Waals surface area contributed by atoms with Gasteiger partial charge in [-0.25, -0.2) is 4.79 Å². The van der Waals surface area contributed by atoms with Crippen LogP contribution in [0.1, 0.15) is 100 Å². The number of hydrogen-bond donors (Lipinski definition) is 8. The fourth-order valence-corrected chi connectivity index (χ4v) is 7.59. The summed E-state index contributed by atoms with van der Waals surface area (Å²) < 4.78 is 0. The van der Waals surface area contributed by atoms with Crippen molar-refractivity contribution in [2.45, 2.75) is 117 Å². The average molecular weight is 913 g/mol. The van der Waals surface area contributed by atoms with Crippen LogP contribution >= 0.6 is 0 Å². The van der Waals surface area contributed by atoms with E-state index in [1.54, 1.807) is 101 Å². The van der Waals surface area contributed by atoms with Crippen LogP contribution in [0.2, 0.25) is 0 Å². The molecule has 4 rings (SSSR count). The highest BCUT2D eigenvalue weighted by molar-refractivity contribution is 6.26. The number of carbonyl (C=O) groups is 9. The third kappa shape index (κ3) is 13.4. The van der Waals surface area contributed by atoms with Crippen LogP contribution in [0.25, 0.3) is 10.8 Å².